The summed E-state index contributed by atoms with van der Waals surface area (Å²) in [6, 6.07) is -1.09. The van der Waals surface area contributed by atoms with Crippen LogP contribution in [0.4, 0.5) is 8.78 Å². The number of carbonyl (C=O) groups excluding carboxylic acids is 2. The third kappa shape index (κ3) is 4.09. The lowest BCUT2D eigenvalue weighted by molar-refractivity contribution is -0.137. The van der Waals surface area contributed by atoms with Crippen LogP contribution < -0.4 is 27.1 Å². The van der Waals surface area contributed by atoms with Gasteiger partial charge in [-0.25, -0.2) is 19.2 Å². The van der Waals surface area contributed by atoms with Crippen molar-refractivity contribution in [3.8, 4) is 0 Å². The molecule has 2 amide bonds. The normalized spacial score (nSPS) is 42.0. The van der Waals surface area contributed by atoms with E-state index in [1.54, 1.807) is 17.0 Å². The molecule has 4 aliphatic rings. The number of nitrogens with one attached hydrogen (secondary N) is 4. The van der Waals surface area contributed by atoms with E-state index >= 15 is 0 Å². The Morgan fingerprint density at radius 2 is 2.03 bits per heavy atom. The second-order valence-corrected chi connectivity index (χ2v) is 8.35. The summed E-state index contributed by atoms with van der Waals surface area (Å²) in [5.41, 5.74) is 9.05. The van der Waals surface area contributed by atoms with Gasteiger partial charge in [0.15, 0.2) is 0 Å². The Balaban J connectivity index is 1.45. The first-order valence-electron chi connectivity index (χ1n) is 10.1. The molecular weight excluding hydrogens is 386 g/mol. The zero-order chi connectivity index (χ0) is 20.7. The van der Waals surface area contributed by atoms with Crippen LogP contribution in [0.15, 0.2) is 0 Å². The summed E-state index contributed by atoms with van der Waals surface area (Å²) < 4.78 is 28.5. The maximum absolute atomic E-state index is 14.8. The van der Waals surface area contributed by atoms with Gasteiger partial charge in [-0.15, -0.1) is 0 Å². The van der Waals surface area contributed by atoms with Crippen LogP contribution in [0.5, 0.6) is 0 Å². The lowest BCUT2D eigenvalue weighted by Gasteiger charge is -2.45. The van der Waals surface area contributed by atoms with Crippen molar-refractivity contribution < 1.29 is 18.4 Å². The minimum absolute atomic E-state index is 0.0584. The Morgan fingerprint density at radius 3 is 2.79 bits per heavy atom. The number of fused-ring (bicyclic) bond motifs is 1. The maximum Gasteiger partial charge on any atom is 0.236 e. The van der Waals surface area contributed by atoms with Crippen LogP contribution in [0.1, 0.15) is 0 Å². The van der Waals surface area contributed by atoms with Crippen molar-refractivity contribution in [1.82, 2.24) is 36.2 Å². The summed E-state index contributed by atoms with van der Waals surface area (Å²) in [6.07, 6.45) is -3.34. The number of hydrogen-bond acceptors (Lipinski definition) is 8. The van der Waals surface area contributed by atoms with Crippen molar-refractivity contribution >= 4 is 11.8 Å². The highest BCUT2D eigenvalue weighted by Gasteiger charge is 2.48. The van der Waals surface area contributed by atoms with Crippen molar-refractivity contribution in [2.75, 3.05) is 52.9 Å². The molecule has 7 unspecified atom stereocenters. The SMILES string of the molecule is CN1CCN(C2C(F)CNCC2NC(=O)C2C(N)NN3CC(F)CNC23)CC1=O. The molecule has 0 aromatic heterocycles. The van der Waals surface area contributed by atoms with E-state index in [0.29, 0.717) is 19.6 Å². The second-order valence-electron chi connectivity index (χ2n) is 8.35. The number of rotatable bonds is 3. The molecule has 0 aromatic carbocycles. The molecule has 4 saturated heterocycles. The largest absolute Gasteiger partial charge is 0.350 e. The molecule has 0 aromatic rings. The van der Waals surface area contributed by atoms with Crippen LogP contribution in [0, 0.1) is 5.92 Å². The molecule has 0 radical (unpaired) electrons. The van der Waals surface area contributed by atoms with Crippen LogP contribution in [0.25, 0.3) is 0 Å². The molecule has 164 valence electrons. The molecule has 29 heavy (non-hydrogen) atoms. The van der Waals surface area contributed by atoms with Gasteiger partial charge >= 0.3 is 0 Å². The predicted molar refractivity (Wildman–Crippen MR) is 101 cm³/mol. The van der Waals surface area contributed by atoms with E-state index in [9.17, 15) is 18.4 Å². The quantitative estimate of drug-likeness (QED) is 0.322. The van der Waals surface area contributed by atoms with Gasteiger partial charge in [0.05, 0.1) is 36.9 Å². The van der Waals surface area contributed by atoms with Gasteiger partial charge in [-0.1, -0.05) is 0 Å². The molecule has 10 nitrogen and oxygen atoms in total. The molecule has 4 heterocycles. The summed E-state index contributed by atoms with van der Waals surface area (Å²) in [6.45, 7) is 2.11. The minimum atomic E-state index is -1.21. The lowest BCUT2D eigenvalue weighted by Crippen LogP contribution is -2.68. The third-order valence-electron chi connectivity index (χ3n) is 6.35. The number of piperazine rings is 1. The summed E-state index contributed by atoms with van der Waals surface area (Å²) in [7, 11) is 1.73. The number of hydrogen-bond donors (Lipinski definition) is 5. The van der Waals surface area contributed by atoms with E-state index in [1.165, 1.54) is 0 Å². The fourth-order valence-corrected chi connectivity index (χ4v) is 4.78. The van der Waals surface area contributed by atoms with Crippen molar-refractivity contribution in [1.29, 1.82) is 0 Å². The van der Waals surface area contributed by atoms with Gasteiger partial charge in [0.2, 0.25) is 11.8 Å². The van der Waals surface area contributed by atoms with Crippen LogP contribution >= 0.6 is 0 Å². The topological polar surface area (TPSA) is 118 Å². The van der Waals surface area contributed by atoms with Crippen LogP contribution in [-0.4, -0.2) is 116 Å². The number of nitrogens with two attached hydrogens (primary N) is 1. The monoisotopic (exact) mass is 416 g/mol. The molecule has 0 saturated carbocycles. The zero-order valence-corrected chi connectivity index (χ0v) is 16.5. The molecule has 4 aliphatic heterocycles. The number of nitrogens with zero attached hydrogens (tertiary/aromatic N) is 3. The standard InChI is InChI=1S/C17H30F2N8O2/c1-25-2-3-26(8-12(25)28)14-10(19)5-21-6-11(14)23-17(29)13-15(20)24-27-7-9(18)4-22-16(13)27/h9-11,13-16,21-22,24H,2-8,20H2,1H3,(H,23,29). The number of likely N-dealkylation sites (N-methyl/N-ethyl adjacent to an activating group) is 1. The van der Waals surface area contributed by atoms with E-state index in [-0.39, 0.29) is 38.0 Å². The highest BCUT2D eigenvalue weighted by Crippen LogP contribution is 2.24. The van der Waals surface area contributed by atoms with Crippen molar-refractivity contribution in [2.45, 2.75) is 36.8 Å². The van der Waals surface area contributed by atoms with Crippen molar-refractivity contribution in [3.05, 3.63) is 0 Å². The van der Waals surface area contributed by atoms with E-state index < -0.39 is 42.7 Å². The molecule has 4 rings (SSSR count). The molecule has 4 fully saturated rings. The fourth-order valence-electron chi connectivity index (χ4n) is 4.78. The Hall–Kier alpha value is -1.44. The van der Waals surface area contributed by atoms with Gasteiger partial charge in [0.1, 0.15) is 12.3 Å². The number of carbonyl (C=O) groups is 2. The first-order chi connectivity index (χ1) is 13.8. The fraction of sp³-hybridized carbons (Fsp3) is 0.882. The van der Waals surface area contributed by atoms with Crippen LogP contribution in [0.3, 0.4) is 0 Å². The molecule has 12 heteroatoms. The lowest BCUT2D eigenvalue weighted by atomic mass is 9.94. The van der Waals surface area contributed by atoms with Gasteiger partial charge < -0.3 is 21.3 Å². The summed E-state index contributed by atoms with van der Waals surface area (Å²) in [5.74, 6) is -1.01. The van der Waals surface area contributed by atoms with Crippen molar-refractivity contribution in [3.63, 3.8) is 0 Å². The average molecular weight is 416 g/mol. The molecule has 7 atom stereocenters. The Labute approximate surface area is 168 Å². The molecule has 0 aliphatic carbocycles. The number of alkyl halides is 2. The summed E-state index contributed by atoms with van der Waals surface area (Å²) in [4.78, 5) is 28.6. The predicted octanol–water partition coefficient (Wildman–Crippen LogP) is -3.46. The minimum Gasteiger partial charge on any atom is -0.350 e. The number of hydrazine groups is 1. The highest BCUT2D eigenvalue weighted by molar-refractivity contribution is 5.81. The van der Waals surface area contributed by atoms with E-state index in [1.807, 2.05) is 4.90 Å². The molecule has 0 spiro atoms. The van der Waals surface area contributed by atoms with Gasteiger partial charge in [-0.2, -0.15) is 0 Å². The highest BCUT2D eigenvalue weighted by atomic mass is 19.1. The first-order valence-corrected chi connectivity index (χ1v) is 10.1. The van der Waals surface area contributed by atoms with Crippen LogP contribution in [0.2, 0.25) is 0 Å². The van der Waals surface area contributed by atoms with Crippen molar-refractivity contribution in [2.24, 2.45) is 11.7 Å². The summed E-state index contributed by atoms with van der Waals surface area (Å²) >= 11 is 0. The van der Waals surface area contributed by atoms with Gasteiger partial charge in [0.25, 0.3) is 0 Å². The Kier molecular flexibility index (Phi) is 6.00. The van der Waals surface area contributed by atoms with E-state index in [2.05, 4.69) is 21.4 Å². The number of halogens is 2. The zero-order valence-electron chi connectivity index (χ0n) is 16.5. The number of piperidine rings is 1. The smallest absolute Gasteiger partial charge is 0.236 e. The Bertz CT molecular complexity index is 643. The molecule has 0 bridgehead atoms. The first kappa shape index (κ1) is 20.8. The van der Waals surface area contributed by atoms with Gasteiger partial charge in [-0.05, 0) is 0 Å². The third-order valence-corrected chi connectivity index (χ3v) is 6.35. The van der Waals surface area contributed by atoms with E-state index in [0.717, 1.165) is 0 Å². The van der Waals surface area contributed by atoms with Gasteiger partial charge in [0, 0.05) is 46.3 Å². The summed E-state index contributed by atoms with van der Waals surface area (Å²) in [5, 5.41) is 10.6. The maximum atomic E-state index is 14.8. The molecular formula is C17H30F2N8O2. The average Bonchev–Trinajstić information content (AvgIpc) is 2.99. The molecule has 6 N–H and O–H groups in total. The van der Waals surface area contributed by atoms with Gasteiger partial charge in [-0.3, -0.25) is 19.8 Å². The Morgan fingerprint density at radius 1 is 1.24 bits per heavy atom. The van der Waals surface area contributed by atoms with Crippen LogP contribution in [-0.2, 0) is 9.59 Å². The van der Waals surface area contributed by atoms with E-state index in [4.69, 9.17) is 5.73 Å². The number of amides is 2. The second kappa shape index (κ2) is 8.36.